The predicted molar refractivity (Wildman–Crippen MR) is 75.8 cm³/mol. The van der Waals surface area contributed by atoms with Crippen molar-refractivity contribution in [2.24, 2.45) is 0 Å². The van der Waals surface area contributed by atoms with Crippen molar-refractivity contribution in [3.8, 4) is 0 Å². The maximum absolute atomic E-state index is 5.98. The third kappa shape index (κ3) is 4.17. The Kier molecular flexibility index (Phi) is 6.33. The Labute approximate surface area is 117 Å². The van der Waals surface area contributed by atoms with Crippen molar-refractivity contribution >= 4 is 41.6 Å². The van der Waals surface area contributed by atoms with Crippen molar-refractivity contribution in [3.63, 3.8) is 0 Å². The van der Waals surface area contributed by atoms with Crippen LogP contribution in [0.5, 0.6) is 0 Å². The molecule has 1 aliphatic rings. The van der Waals surface area contributed by atoms with Crippen LogP contribution in [-0.4, -0.2) is 42.4 Å². The standard InChI is InChI=1S/C10H15ClN4S.ClH/c1-16-10-13-8(11)7-9(14-10)15-5-2-3-12-4-6-15;/h7,12H,2-6H2,1H3;1H. The van der Waals surface area contributed by atoms with E-state index in [1.807, 2.05) is 12.3 Å². The Morgan fingerprint density at radius 1 is 1.35 bits per heavy atom. The van der Waals surface area contributed by atoms with Crippen LogP contribution >= 0.6 is 35.8 Å². The van der Waals surface area contributed by atoms with E-state index in [9.17, 15) is 0 Å². The van der Waals surface area contributed by atoms with Crippen molar-refractivity contribution in [3.05, 3.63) is 11.2 Å². The molecule has 0 amide bonds. The Hall–Kier alpha value is -0.230. The first-order valence-corrected chi connectivity index (χ1v) is 6.94. The van der Waals surface area contributed by atoms with Gasteiger partial charge in [0.1, 0.15) is 11.0 Å². The maximum atomic E-state index is 5.98. The summed E-state index contributed by atoms with van der Waals surface area (Å²) in [6, 6.07) is 1.84. The van der Waals surface area contributed by atoms with Gasteiger partial charge in [-0.15, -0.1) is 12.4 Å². The van der Waals surface area contributed by atoms with Crippen molar-refractivity contribution in [2.45, 2.75) is 11.6 Å². The average Bonchev–Trinajstić information content (AvgIpc) is 2.56. The predicted octanol–water partition coefficient (Wildman–Crippen LogP) is 2.07. The number of aromatic nitrogens is 2. The van der Waals surface area contributed by atoms with E-state index in [1.165, 1.54) is 11.8 Å². The fraction of sp³-hybridized carbons (Fsp3) is 0.600. The van der Waals surface area contributed by atoms with Crippen molar-refractivity contribution in [1.29, 1.82) is 0 Å². The van der Waals surface area contributed by atoms with Crippen LogP contribution in [0.25, 0.3) is 0 Å². The summed E-state index contributed by atoms with van der Waals surface area (Å²) >= 11 is 7.50. The SMILES string of the molecule is CSc1nc(Cl)cc(N2CCCNCC2)n1.Cl. The normalized spacial score (nSPS) is 16.2. The number of anilines is 1. The van der Waals surface area contributed by atoms with E-state index < -0.39 is 0 Å². The molecule has 0 unspecified atom stereocenters. The average molecular weight is 295 g/mol. The quantitative estimate of drug-likeness (QED) is 0.514. The highest BCUT2D eigenvalue weighted by Crippen LogP contribution is 2.20. The summed E-state index contributed by atoms with van der Waals surface area (Å²) in [5, 5.41) is 4.62. The van der Waals surface area contributed by atoms with E-state index in [-0.39, 0.29) is 12.4 Å². The van der Waals surface area contributed by atoms with Gasteiger partial charge in [-0.05, 0) is 19.2 Å². The van der Waals surface area contributed by atoms with E-state index in [0.29, 0.717) is 5.15 Å². The summed E-state index contributed by atoms with van der Waals surface area (Å²) in [4.78, 5) is 10.9. The molecule has 0 spiro atoms. The lowest BCUT2D eigenvalue weighted by Gasteiger charge is -2.21. The molecule has 0 bridgehead atoms. The Balaban J connectivity index is 0.00000144. The molecule has 1 aromatic heterocycles. The summed E-state index contributed by atoms with van der Waals surface area (Å²) < 4.78 is 0. The highest BCUT2D eigenvalue weighted by molar-refractivity contribution is 7.98. The molecule has 17 heavy (non-hydrogen) atoms. The molecule has 1 saturated heterocycles. The number of nitrogens with zero attached hydrogens (tertiary/aromatic N) is 3. The first-order chi connectivity index (χ1) is 7.79. The Morgan fingerprint density at radius 3 is 2.94 bits per heavy atom. The fourth-order valence-corrected chi connectivity index (χ4v) is 2.32. The van der Waals surface area contributed by atoms with Gasteiger partial charge < -0.3 is 10.2 Å². The second-order valence-corrected chi connectivity index (χ2v) is 4.79. The molecule has 0 aromatic carbocycles. The molecule has 1 fully saturated rings. The first-order valence-electron chi connectivity index (χ1n) is 5.34. The van der Waals surface area contributed by atoms with Crippen LogP contribution in [0.1, 0.15) is 6.42 Å². The topological polar surface area (TPSA) is 41.1 Å². The molecular weight excluding hydrogens is 279 g/mol. The second kappa shape index (κ2) is 7.26. The summed E-state index contributed by atoms with van der Waals surface area (Å²) in [5.74, 6) is 0.938. The van der Waals surface area contributed by atoms with Gasteiger partial charge in [0.2, 0.25) is 0 Å². The summed E-state index contributed by atoms with van der Waals surface area (Å²) in [5.41, 5.74) is 0. The van der Waals surface area contributed by atoms with Crippen LogP contribution < -0.4 is 10.2 Å². The number of halogens is 2. The summed E-state index contributed by atoms with van der Waals surface area (Å²) in [6.07, 6.45) is 3.09. The Morgan fingerprint density at radius 2 is 2.18 bits per heavy atom. The number of hydrogen-bond donors (Lipinski definition) is 1. The van der Waals surface area contributed by atoms with Crippen LogP contribution in [0.4, 0.5) is 5.82 Å². The Bertz CT molecular complexity index is 356. The molecule has 0 radical (unpaired) electrons. The molecule has 1 aromatic rings. The maximum Gasteiger partial charge on any atom is 0.190 e. The van der Waals surface area contributed by atoms with Crippen molar-refractivity contribution in [1.82, 2.24) is 15.3 Å². The third-order valence-corrected chi connectivity index (χ3v) is 3.25. The highest BCUT2D eigenvalue weighted by Gasteiger charge is 2.12. The zero-order chi connectivity index (χ0) is 11.4. The number of nitrogens with one attached hydrogen (secondary N) is 1. The number of rotatable bonds is 2. The third-order valence-electron chi connectivity index (χ3n) is 2.51. The zero-order valence-corrected chi connectivity index (χ0v) is 12.0. The highest BCUT2D eigenvalue weighted by atomic mass is 35.5. The first kappa shape index (κ1) is 14.8. The van der Waals surface area contributed by atoms with E-state index >= 15 is 0 Å². The molecule has 2 rings (SSSR count). The molecule has 2 heterocycles. The lowest BCUT2D eigenvalue weighted by molar-refractivity contribution is 0.724. The molecule has 1 aliphatic heterocycles. The largest absolute Gasteiger partial charge is 0.355 e. The van der Waals surface area contributed by atoms with E-state index in [2.05, 4.69) is 20.2 Å². The molecular formula is C10H16Cl2N4S. The van der Waals surface area contributed by atoms with Crippen LogP contribution in [0.15, 0.2) is 11.2 Å². The van der Waals surface area contributed by atoms with Gasteiger partial charge in [-0.3, -0.25) is 0 Å². The van der Waals surface area contributed by atoms with Gasteiger partial charge in [-0.1, -0.05) is 23.4 Å². The van der Waals surface area contributed by atoms with E-state index in [1.54, 1.807) is 0 Å². The van der Waals surface area contributed by atoms with E-state index in [0.717, 1.165) is 43.6 Å². The van der Waals surface area contributed by atoms with Crippen LogP contribution in [0.3, 0.4) is 0 Å². The zero-order valence-electron chi connectivity index (χ0n) is 9.65. The van der Waals surface area contributed by atoms with Gasteiger partial charge in [0.25, 0.3) is 0 Å². The molecule has 7 heteroatoms. The fourth-order valence-electron chi connectivity index (χ4n) is 1.71. The number of thioether (sulfide) groups is 1. The summed E-state index contributed by atoms with van der Waals surface area (Å²) in [7, 11) is 0. The van der Waals surface area contributed by atoms with Gasteiger partial charge in [-0.25, -0.2) is 9.97 Å². The monoisotopic (exact) mass is 294 g/mol. The van der Waals surface area contributed by atoms with E-state index in [4.69, 9.17) is 11.6 Å². The van der Waals surface area contributed by atoms with Gasteiger partial charge in [0.05, 0.1) is 0 Å². The molecule has 4 nitrogen and oxygen atoms in total. The van der Waals surface area contributed by atoms with Crippen molar-refractivity contribution in [2.75, 3.05) is 37.3 Å². The minimum absolute atomic E-state index is 0. The van der Waals surface area contributed by atoms with Crippen LogP contribution in [0.2, 0.25) is 5.15 Å². The minimum atomic E-state index is 0. The minimum Gasteiger partial charge on any atom is -0.355 e. The number of hydrogen-bond acceptors (Lipinski definition) is 5. The van der Waals surface area contributed by atoms with Crippen molar-refractivity contribution < 1.29 is 0 Å². The molecule has 0 atom stereocenters. The van der Waals surface area contributed by atoms with Crippen LogP contribution in [-0.2, 0) is 0 Å². The van der Waals surface area contributed by atoms with Gasteiger partial charge in [-0.2, -0.15) is 0 Å². The smallest absolute Gasteiger partial charge is 0.190 e. The molecule has 0 aliphatic carbocycles. The van der Waals surface area contributed by atoms with Gasteiger partial charge in [0.15, 0.2) is 5.16 Å². The molecule has 0 saturated carbocycles. The van der Waals surface area contributed by atoms with Gasteiger partial charge in [0, 0.05) is 25.7 Å². The van der Waals surface area contributed by atoms with Crippen LogP contribution in [0, 0.1) is 0 Å². The lowest BCUT2D eigenvalue weighted by atomic mass is 10.4. The second-order valence-electron chi connectivity index (χ2n) is 3.63. The molecule has 96 valence electrons. The van der Waals surface area contributed by atoms with Gasteiger partial charge >= 0.3 is 0 Å². The lowest BCUT2D eigenvalue weighted by Crippen LogP contribution is -2.28. The summed E-state index contributed by atoms with van der Waals surface area (Å²) in [6.45, 7) is 4.07. The molecule has 1 N–H and O–H groups in total.